The first-order valence-corrected chi connectivity index (χ1v) is 10.1. The molecule has 3 heterocycles. The number of nitriles is 1. The van der Waals surface area contributed by atoms with Crippen LogP contribution in [0, 0.1) is 17.2 Å². The second-order valence-electron chi connectivity index (χ2n) is 7.01. The van der Waals surface area contributed by atoms with Crippen molar-refractivity contribution in [3.63, 3.8) is 0 Å². The van der Waals surface area contributed by atoms with E-state index >= 15 is 0 Å². The number of nitrogens with one attached hydrogen (secondary N) is 2. The SMILES string of the molecule is N#Cc1cnc(N=C2CNC=C(N3CCCC3C3=CCC(C(F)(F)F)C=C3)N2)s1. The lowest BCUT2D eigenvalue weighted by Gasteiger charge is -2.34. The average Bonchev–Trinajstić information content (AvgIpc) is 3.37. The molecule has 2 aliphatic heterocycles. The fourth-order valence-corrected chi connectivity index (χ4v) is 4.32. The van der Waals surface area contributed by atoms with Gasteiger partial charge in [0.1, 0.15) is 22.6 Å². The molecule has 1 fully saturated rings. The van der Waals surface area contributed by atoms with Gasteiger partial charge in [0.15, 0.2) is 0 Å². The summed E-state index contributed by atoms with van der Waals surface area (Å²) < 4.78 is 38.7. The van der Waals surface area contributed by atoms with E-state index in [1.54, 1.807) is 12.2 Å². The molecular weight excluding hydrogens is 401 g/mol. The number of likely N-dealkylation sites (tertiary alicyclic amines) is 1. The van der Waals surface area contributed by atoms with Crippen LogP contribution in [0.4, 0.5) is 18.3 Å². The predicted octanol–water partition coefficient (Wildman–Crippen LogP) is 3.57. The van der Waals surface area contributed by atoms with Crippen molar-refractivity contribution >= 4 is 22.3 Å². The molecule has 1 aromatic rings. The molecule has 0 aromatic carbocycles. The van der Waals surface area contributed by atoms with Gasteiger partial charge < -0.3 is 15.5 Å². The first kappa shape index (κ1) is 19.5. The topological polar surface area (TPSA) is 76.3 Å². The van der Waals surface area contributed by atoms with Crippen LogP contribution in [0.25, 0.3) is 0 Å². The van der Waals surface area contributed by atoms with Gasteiger partial charge in [-0.2, -0.15) is 18.4 Å². The number of aromatic nitrogens is 1. The molecule has 2 N–H and O–H groups in total. The minimum absolute atomic E-state index is 0.0115. The molecule has 0 radical (unpaired) electrons. The molecule has 10 heteroatoms. The third-order valence-electron chi connectivity index (χ3n) is 5.11. The number of allylic oxidation sites excluding steroid dienone is 2. The zero-order valence-corrected chi connectivity index (χ0v) is 16.2. The number of alkyl halides is 3. The Morgan fingerprint density at radius 1 is 1.38 bits per heavy atom. The van der Waals surface area contributed by atoms with Gasteiger partial charge in [0, 0.05) is 12.7 Å². The summed E-state index contributed by atoms with van der Waals surface area (Å²) in [5, 5.41) is 15.9. The van der Waals surface area contributed by atoms with Crippen molar-refractivity contribution in [2.45, 2.75) is 31.5 Å². The van der Waals surface area contributed by atoms with Crippen LogP contribution in [0.15, 0.2) is 47.0 Å². The number of halogens is 3. The van der Waals surface area contributed by atoms with Crippen LogP contribution in [0.5, 0.6) is 0 Å². The molecule has 152 valence electrons. The Bertz CT molecular complexity index is 936. The highest BCUT2D eigenvalue weighted by molar-refractivity contribution is 7.15. The Morgan fingerprint density at radius 2 is 2.24 bits per heavy atom. The van der Waals surface area contributed by atoms with Gasteiger partial charge >= 0.3 is 6.18 Å². The van der Waals surface area contributed by atoms with Gasteiger partial charge in [0.2, 0.25) is 5.13 Å². The summed E-state index contributed by atoms with van der Waals surface area (Å²) in [6.07, 6.45) is 5.60. The molecule has 0 bridgehead atoms. The van der Waals surface area contributed by atoms with E-state index in [0.29, 0.717) is 22.4 Å². The van der Waals surface area contributed by atoms with Crippen LogP contribution < -0.4 is 10.6 Å². The smallest absolute Gasteiger partial charge is 0.381 e. The molecule has 2 atom stereocenters. The lowest BCUT2D eigenvalue weighted by molar-refractivity contribution is -0.160. The number of nitrogens with zero attached hydrogens (tertiary/aromatic N) is 4. The average molecular weight is 420 g/mol. The Balaban J connectivity index is 1.46. The summed E-state index contributed by atoms with van der Waals surface area (Å²) in [7, 11) is 0. The summed E-state index contributed by atoms with van der Waals surface area (Å²) in [6.45, 7) is 1.31. The first-order valence-electron chi connectivity index (χ1n) is 9.30. The number of hydrogen-bond acceptors (Lipinski definition) is 6. The van der Waals surface area contributed by atoms with Crippen molar-refractivity contribution in [1.82, 2.24) is 20.5 Å². The quantitative estimate of drug-likeness (QED) is 0.782. The van der Waals surface area contributed by atoms with Crippen LogP contribution in [0.3, 0.4) is 0 Å². The number of thiazole rings is 1. The number of hydrogen-bond donors (Lipinski definition) is 2. The minimum atomic E-state index is -4.20. The van der Waals surface area contributed by atoms with Gasteiger partial charge in [-0.15, -0.1) is 0 Å². The largest absolute Gasteiger partial charge is 0.395 e. The van der Waals surface area contributed by atoms with E-state index in [0.717, 1.165) is 30.8 Å². The second-order valence-corrected chi connectivity index (χ2v) is 8.02. The Morgan fingerprint density at radius 3 is 2.93 bits per heavy atom. The van der Waals surface area contributed by atoms with Crippen LogP contribution >= 0.6 is 11.3 Å². The standard InChI is InChI=1S/C19H19F3N6S/c20-19(21,22)13-5-3-12(4-6-13)15-2-1-7-28(15)17-11-24-10-16(26-17)27-18-25-9-14(8-23)29-18/h3-5,9,11,13,15,24H,1-2,6-7,10H2,(H,25,26,27). The predicted molar refractivity (Wildman–Crippen MR) is 104 cm³/mol. The van der Waals surface area contributed by atoms with Crippen LogP contribution in [-0.4, -0.2) is 41.0 Å². The van der Waals surface area contributed by atoms with Crippen molar-refractivity contribution < 1.29 is 13.2 Å². The maximum atomic E-state index is 12.9. The van der Waals surface area contributed by atoms with Crippen LogP contribution in [-0.2, 0) is 0 Å². The molecule has 2 unspecified atom stereocenters. The van der Waals surface area contributed by atoms with E-state index in [1.165, 1.54) is 23.6 Å². The zero-order valence-electron chi connectivity index (χ0n) is 15.4. The second kappa shape index (κ2) is 7.91. The molecular formula is C19H19F3N6S. The van der Waals surface area contributed by atoms with Crippen molar-refractivity contribution in [2.75, 3.05) is 13.1 Å². The molecule has 0 amide bonds. The third-order valence-corrected chi connectivity index (χ3v) is 5.91. The third kappa shape index (κ3) is 4.29. The highest BCUT2D eigenvalue weighted by Crippen LogP contribution is 2.36. The highest BCUT2D eigenvalue weighted by Gasteiger charge is 2.39. The molecule has 1 aliphatic carbocycles. The van der Waals surface area contributed by atoms with E-state index in [1.807, 2.05) is 12.3 Å². The van der Waals surface area contributed by atoms with Gasteiger partial charge in [-0.3, -0.25) is 0 Å². The van der Waals surface area contributed by atoms with Gasteiger partial charge in [-0.25, -0.2) is 9.98 Å². The molecule has 0 spiro atoms. The number of aliphatic imine (C=N–C) groups is 1. The summed E-state index contributed by atoms with van der Waals surface area (Å²) in [5.74, 6) is 0.115. The highest BCUT2D eigenvalue weighted by atomic mass is 32.1. The number of amidine groups is 1. The van der Waals surface area contributed by atoms with E-state index < -0.39 is 12.1 Å². The molecule has 1 saturated heterocycles. The molecule has 4 rings (SSSR count). The van der Waals surface area contributed by atoms with E-state index in [4.69, 9.17) is 5.26 Å². The van der Waals surface area contributed by atoms with Crippen molar-refractivity contribution in [3.8, 4) is 6.07 Å². The van der Waals surface area contributed by atoms with Crippen LogP contribution in [0.1, 0.15) is 24.1 Å². The van der Waals surface area contributed by atoms with Gasteiger partial charge in [0.25, 0.3) is 0 Å². The summed E-state index contributed by atoms with van der Waals surface area (Å²) in [5.41, 5.74) is 0.924. The Kier molecular flexibility index (Phi) is 5.32. The normalized spacial score (nSPS) is 25.9. The fraction of sp³-hybridized carbons (Fsp3) is 0.421. The van der Waals surface area contributed by atoms with E-state index in [2.05, 4.69) is 25.5 Å². The molecule has 29 heavy (non-hydrogen) atoms. The zero-order chi connectivity index (χ0) is 20.4. The van der Waals surface area contributed by atoms with E-state index in [-0.39, 0.29) is 12.5 Å². The Hall–Kier alpha value is -2.80. The minimum Gasteiger partial charge on any atom is -0.381 e. The van der Waals surface area contributed by atoms with Crippen molar-refractivity contribution in [1.29, 1.82) is 5.26 Å². The van der Waals surface area contributed by atoms with Crippen molar-refractivity contribution in [3.05, 3.63) is 46.9 Å². The maximum Gasteiger partial charge on any atom is 0.395 e. The lowest BCUT2D eigenvalue weighted by atomic mass is 9.92. The summed E-state index contributed by atoms with van der Waals surface area (Å²) in [6, 6.07) is 2.07. The first-order chi connectivity index (χ1) is 13.9. The van der Waals surface area contributed by atoms with Gasteiger partial charge in [-0.1, -0.05) is 29.6 Å². The monoisotopic (exact) mass is 420 g/mol. The molecule has 3 aliphatic rings. The molecule has 6 nitrogen and oxygen atoms in total. The fourth-order valence-electron chi connectivity index (χ4n) is 3.71. The molecule has 0 saturated carbocycles. The van der Waals surface area contributed by atoms with E-state index in [9.17, 15) is 13.2 Å². The van der Waals surface area contributed by atoms with Crippen LogP contribution in [0.2, 0.25) is 0 Å². The van der Waals surface area contributed by atoms with Gasteiger partial charge in [-0.05, 0) is 24.8 Å². The van der Waals surface area contributed by atoms with Gasteiger partial charge in [0.05, 0.1) is 24.7 Å². The Labute approximate surface area is 170 Å². The summed E-state index contributed by atoms with van der Waals surface area (Å²) >= 11 is 1.21. The summed E-state index contributed by atoms with van der Waals surface area (Å²) in [4.78, 5) is 11.2. The maximum absolute atomic E-state index is 12.9. The van der Waals surface area contributed by atoms with Crippen molar-refractivity contribution in [2.24, 2.45) is 10.9 Å². The molecule has 1 aromatic heterocycles. The lowest BCUT2D eigenvalue weighted by Crippen LogP contribution is -2.45. The number of rotatable bonds is 3.